The molecule has 4 aliphatic rings. The number of aryl methyl sites for hydroxylation is 1. The summed E-state index contributed by atoms with van der Waals surface area (Å²) in [6.07, 6.45) is 12.4. The molecule has 5 atom stereocenters. The summed E-state index contributed by atoms with van der Waals surface area (Å²) in [6.45, 7) is 10.0. The molecule has 3 unspecified atom stereocenters. The zero-order valence-electron chi connectivity index (χ0n) is 17.9. The van der Waals surface area contributed by atoms with Crippen molar-refractivity contribution in [1.82, 2.24) is 0 Å². The van der Waals surface area contributed by atoms with Gasteiger partial charge in [-0.1, -0.05) is 39.8 Å². The van der Waals surface area contributed by atoms with Crippen LogP contribution in [0.25, 0.3) is 0 Å². The quantitative estimate of drug-likeness (QED) is 0.598. The lowest BCUT2D eigenvalue weighted by Gasteiger charge is -2.61. The Labute approximate surface area is 166 Å². The summed E-state index contributed by atoms with van der Waals surface area (Å²) in [5.41, 5.74) is 7.89. The van der Waals surface area contributed by atoms with Crippen LogP contribution in [0, 0.1) is 22.7 Å². The van der Waals surface area contributed by atoms with Crippen LogP contribution in [0.5, 0.6) is 0 Å². The summed E-state index contributed by atoms with van der Waals surface area (Å²) in [4.78, 5) is 0. The summed E-state index contributed by atoms with van der Waals surface area (Å²) in [5.74, 6) is 1.57. The Morgan fingerprint density at radius 1 is 0.889 bits per heavy atom. The fourth-order valence-electron chi connectivity index (χ4n) is 8.09. The molecule has 0 bridgehead atoms. The highest BCUT2D eigenvalue weighted by molar-refractivity contribution is 5.49. The number of hydrogen-bond donors (Lipinski definition) is 1. The van der Waals surface area contributed by atoms with E-state index in [0.717, 1.165) is 24.7 Å². The van der Waals surface area contributed by atoms with E-state index >= 15 is 0 Å². The van der Waals surface area contributed by atoms with Gasteiger partial charge in [0.2, 0.25) is 0 Å². The van der Waals surface area contributed by atoms with Crippen LogP contribution < -0.4 is 0 Å². The first-order chi connectivity index (χ1) is 12.7. The monoisotopic (exact) mass is 366 g/mol. The van der Waals surface area contributed by atoms with Crippen molar-refractivity contribution < 1.29 is 5.11 Å². The van der Waals surface area contributed by atoms with Gasteiger partial charge in [-0.3, -0.25) is 0 Å². The molecule has 148 valence electrons. The van der Waals surface area contributed by atoms with Crippen molar-refractivity contribution in [2.45, 2.75) is 103 Å². The van der Waals surface area contributed by atoms with Crippen LogP contribution in [0.1, 0.15) is 94.9 Å². The first kappa shape index (κ1) is 18.2. The van der Waals surface area contributed by atoms with Crippen molar-refractivity contribution >= 4 is 0 Å². The van der Waals surface area contributed by atoms with Gasteiger partial charge in [0.1, 0.15) is 0 Å². The zero-order chi connectivity index (χ0) is 19.0. The lowest BCUT2D eigenvalue weighted by molar-refractivity contribution is -0.0908. The second-order valence-electron chi connectivity index (χ2n) is 11.8. The standard InChI is InChI=1S/C26H38O/c1-24(2)13-11-17-5-9-22-20(21(17)16-24)8-10-23-25(22,3)14-12-18-6-7-19(27)15-26(18,23)4/h5,9,18-19,23,27H,6-8,10-16H2,1-4H3/t18?,19?,23?,25-,26-/m0/s1. The van der Waals surface area contributed by atoms with E-state index in [2.05, 4.69) is 39.8 Å². The average Bonchev–Trinajstić information content (AvgIpc) is 2.60. The average molecular weight is 367 g/mol. The van der Waals surface area contributed by atoms with Crippen molar-refractivity contribution in [3.63, 3.8) is 0 Å². The highest BCUT2D eigenvalue weighted by Gasteiger charge is 2.57. The number of aliphatic hydroxyl groups excluding tert-OH is 1. The number of fused-ring (bicyclic) bond motifs is 7. The predicted molar refractivity (Wildman–Crippen MR) is 112 cm³/mol. The molecule has 1 nitrogen and oxygen atoms in total. The lowest BCUT2D eigenvalue weighted by Crippen LogP contribution is -2.55. The highest BCUT2D eigenvalue weighted by atomic mass is 16.3. The van der Waals surface area contributed by atoms with Crippen LogP contribution in [0.3, 0.4) is 0 Å². The van der Waals surface area contributed by atoms with Gasteiger partial charge in [0.15, 0.2) is 0 Å². The van der Waals surface area contributed by atoms with Gasteiger partial charge in [0.05, 0.1) is 6.10 Å². The minimum Gasteiger partial charge on any atom is -0.393 e. The van der Waals surface area contributed by atoms with Crippen LogP contribution in [0.2, 0.25) is 0 Å². The summed E-state index contributed by atoms with van der Waals surface area (Å²) >= 11 is 0. The van der Waals surface area contributed by atoms with Gasteiger partial charge >= 0.3 is 0 Å². The molecule has 0 spiro atoms. The third-order valence-electron chi connectivity index (χ3n) is 9.59. The van der Waals surface area contributed by atoms with Crippen molar-refractivity contribution in [1.29, 1.82) is 0 Å². The van der Waals surface area contributed by atoms with E-state index in [0.29, 0.717) is 16.2 Å². The molecule has 1 aromatic rings. The Balaban J connectivity index is 1.59. The molecule has 5 rings (SSSR count). The third kappa shape index (κ3) is 2.60. The fraction of sp³-hybridized carbons (Fsp3) is 0.769. The van der Waals surface area contributed by atoms with Gasteiger partial charge < -0.3 is 5.11 Å². The molecule has 2 fully saturated rings. The van der Waals surface area contributed by atoms with Crippen molar-refractivity contribution in [2.75, 3.05) is 0 Å². The second-order valence-corrected chi connectivity index (χ2v) is 11.8. The predicted octanol–water partition coefficient (Wildman–Crippen LogP) is 5.98. The van der Waals surface area contributed by atoms with Crippen molar-refractivity contribution in [2.24, 2.45) is 22.7 Å². The highest BCUT2D eigenvalue weighted by Crippen LogP contribution is 2.63. The summed E-state index contributed by atoms with van der Waals surface area (Å²) in [6, 6.07) is 5.02. The van der Waals surface area contributed by atoms with E-state index in [1.54, 1.807) is 22.3 Å². The summed E-state index contributed by atoms with van der Waals surface area (Å²) in [5, 5.41) is 10.5. The molecule has 1 N–H and O–H groups in total. The van der Waals surface area contributed by atoms with E-state index in [4.69, 9.17) is 0 Å². The number of aliphatic hydroxyl groups is 1. The van der Waals surface area contributed by atoms with Crippen LogP contribution in [0.4, 0.5) is 0 Å². The number of rotatable bonds is 0. The molecular formula is C26H38O. The minimum absolute atomic E-state index is 0.0701. The van der Waals surface area contributed by atoms with E-state index < -0.39 is 0 Å². The normalized spacial score (nSPS) is 42.5. The van der Waals surface area contributed by atoms with E-state index in [-0.39, 0.29) is 6.10 Å². The Morgan fingerprint density at radius 3 is 2.52 bits per heavy atom. The Kier molecular flexibility index (Phi) is 3.95. The second kappa shape index (κ2) is 5.85. The van der Waals surface area contributed by atoms with E-state index in [1.807, 2.05) is 0 Å². The minimum atomic E-state index is -0.0701. The Hall–Kier alpha value is -0.820. The molecule has 1 heteroatoms. The third-order valence-corrected chi connectivity index (χ3v) is 9.59. The molecule has 27 heavy (non-hydrogen) atoms. The topological polar surface area (TPSA) is 20.2 Å². The van der Waals surface area contributed by atoms with Crippen LogP contribution in [-0.4, -0.2) is 11.2 Å². The van der Waals surface area contributed by atoms with E-state index in [1.165, 1.54) is 51.4 Å². The SMILES string of the molecule is CC1(C)CCc2ccc3c(c2C1)CCC1[C@@]2(C)CC(O)CCC2CC[C@@]31C. The molecule has 0 aromatic heterocycles. The molecule has 0 radical (unpaired) electrons. The maximum atomic E-state index is 10.5. The molecule has 2 saturated carbocycles. The molecular weight excluding hydrogens is 328 g/mol. The number of hydrogen-bond acceptors (Lipinski definition) is 1. The first-order valence-electron chi connectivity index (χ1n) is 11.6. The van der Waals surface area contributed by atoms with Crippen molar-refractivity contribution in [3.05, 3.63) is 34.4 Å². The molecule has 4 aliphatic carbocycles. The van der Waals surface area contributed by atoms with Crippen LogP contribution in [-0.2, 0) is 24.7 Å². The van der Waals surface area contributed by atoms with Crippen molar-refractivity contribution in [3.8, 4) is 0 Å². The van der Waals surface area contributed by atoms with Gasteiger partial charge in [-0.15, -0.1) is 0 Å². The molecule has 1 aromatic carbocycles. The Morgan fingerprint density at radius 2 is 1.70 bits per heavy atom. The van der Waals surface area contributed by atoms with E-state index in [9.17, 15) is 5.11 Å². The van der Waals surface area contributed by atoms with Crippen LogP contribution in [0.15, 0.2) is 12.1 Å². The summed E-state index contributed by atoms with van der Waals surface area (Å²) < 4.78 is 0. The fourth-order valence-corrected chi connectivity index (χ4v) is 8.09. The molecule has 0 saturated heterocycles. The smallest absolute Gasteiger partial charge is 0.0545 e. The molecule has 0 aliphatic heterocycles. The maximum absolute atomic E-state index is 10.5. The first-order valence-corrected chi connectivity index (χ1v) is 11.6. The van der Waals surface area contributed by atoms with Gasteiger partial charge in [-0.05, 0) is 115 Å². The van der Waals surface area contributed by atoms with Gasteiger partial charge in [0, 0.05) is 0 Å². The zero-order valence-corrected chi connectivity index (χ0v) is 17.9. The molecule has 0 heterocycles. The molecule has 0 amide bonds. The van der Waals surface area contributed by atoms with Gasteiger partial charge in [-0.2, -0.15) is 0 Å². The van der Waals surface area contributed by atoms with Crippen LogP contribution >= 0.6 is 0 Å². The lowest BCUT2D eigenvalue weighted by atomic mass is 9.43. The largest absolute Gasteiger partial charge is 0.393 e. The van der Waals surface area contributed by atoms with Gasteiger partial charge in [-0.25, -0.2) is 0 Å². The maximum Gasteiger partial charge on any atom is 0.0545 e. The Bertz CT molecular complexity index is 762. The summed E-state index contributed by atoms with van der Waals surface area (Å²) in [7, 11) is 0. The van der Waals surface area contributed by atoms with Gasteiger partial charge in [0.25, 0.3) is 0 Å². The number of benzene rings is 1.